The van der Waals surface area contributed by atoms with Crippen molar-refractivity contribution in [3.8, 4) is 0 Å². The molecule has 0 aliphatic carbocycles. The minimum absolute atomic E-state index is 0.302. The normalized spacial score (nSPS) is 13.8. The fourth-order valence-corrected chi connectivity index (χ4v) is 2.56. The molecule has 1 fully saturated rings. The standard InChI is InChI=1S/C16H12Cl2N2O3/c17-11-6-5-10(9-12(11)18)15(21)19-13-3-1-2-4-14(13)20-7-8-23-16(20)22/h1-6,9H,7-8H2,(H,19,21). The Balaban J connectivity index is 1.86. The number of carbonyl (C=O) groups excluding carboxylic acids is 2. The average Bonchev–Trinajstić information content (AvgIpc) is 2.96. The molecule has 0 spiro atoms. The molecule has 3 rings (SSSR count). The quantitative estimate of drug-likeness (QED) is 0.902. The van der Waals surface area contributed by atoms with Crippen LogP contribution in [0.25, 0.3) is 0 Å². The molecule has 1 aliphatic rings. The van der Waals surface area contributed by atoms with E-state index in [1.807, 2.05) is 0 Å². The fourth-order valence-electron chi connectivity index (χ4n) is 2.26. The Morgan fingerprint density at radius 1 is 1.13 bits per heavy atom. The maximum Gasteiger partial charge on any atom is 0.414 e. The van der Waals surface area contributed by atoms with Crippen LogP contribution in [0.15, 0.2) is 42.5 Å². The number of nitrogens with one attached hydrogen (secondary N) is 1. The number of carbonyl (C=O) groups is 2. The van der Waals surface area contributed by atoms with Gasteiger partial charge in [-0.25, -0.2) is 4.79 Å². The summed E-state index contributed by atoms with van der Waals surface area (Å²) < 4.78 is 4.94. The highest BCUT2D eigenvalue weighted by Crippen LogP contribution is 2.29. The Morgan fingerprint density at radius 2 is 1.91 bits per heavy atom. The Bertz CT molecular complexity index is 780. The molecule has 0 bridgehead atoms. The van der Waals surface area contributed by atoms with E-state index in [9.17, 15) is 9.59 Å². The van der Waals surface area contributed by atoms with Gasteiger partial charge in [-0.2, -0.15) is 0 Å². The second-order valence-electron chi connectivity index (χ2n) is 4.87. The number of amides is 2. The number of halogens is 2. The van der Waals surface area contributed by atoms with Gasteiger partial charge >= 0.3 is 6.09 Å². The van der Waals surface area contributed by atoms with Gasteiger partial charge < -0.3 is 10.1 Å². The molecule has 1 aliphatic heterocycles. The number of ether oxygens (including phenoxy) is 1. The summed E-state index contributed by atoms with van der Waals surface area (Å²) in [7, 11) is 0. The summed E-state index contributed by atoms with van der Waals surface area (Å²) in [5, 5.41) is 3.46. The average molecular weight is 351 g/mol. The summed E-state index contributed by atoms with van der Waals surface area (Å²) in [6.45, 7) is 0.770. The van der Waals surface area contributed by atoms with Crippen LogP contribution in [-0.4, -0.2) is 25.2 Å². The topological polar surface area (TPSA) is 58.6 Å². The van der Waals surface area contributed by atoms with Gasteiger partial charge in [-0.1, -0.05) is 35.3 Å². The summed E-state index contributed by atoms with van der Waals surface area (Å²) in [5.41, 5.74) is 1.48. The van der Waals surface area contributed by atoms with Crippen molar-refractivity contribution in [2.24, 2.45) is 0 Å². The van der Waals surface area contributed by atoms with Gasteiger partial charge in [0, 0.05) is 5.56 Å². The first-order valence-corrected chi connectivity index (χ1v) is 7.61. The summed E-state index contributed by atoms with van der Waals surface area (Å²) in [4.78, 5) is 25.6. The van der Waals surface area contributed by atoms with Crippen LogP contribution >= 0.6 is 23.2 Å². The number of rotatable bonds is 3. The molecule has 0 radical (unpaired) electrons. The monoisotopic (exact) mass is 350 g/mol. The van der Waals surface area contributed by atoms with Gasteiger partial charge in [-0.05, 0) is 30.3 Å². The predicted octanol–water partition coefficient (Wildman–Crippen LogP) is 4.20. The van der Waals surface area contributed by atoms with Crippen molar-refractivity contribution >= 4 is 46.6 Å². The number of benzene rings is 2. The molecular formula is C16H12Cl2N2O3. The molecule has 1 N–H and O–H groups in total. The van der Waals surface area contributed by atoms with E-state index in [0.717, 1.165) is 0 Å². The Kier molecular flexibility index (Phi) is 4.41. The fraction of sp³-hybridized carbons (Fsp3) is 0.125. The molecule has 2 amide bonds. The zero-order valence-corrected chi connectivity index (χ0v) is 13.4. The lowest BCUT2D eigenvalue weighted by molar-refractivity contribution is 0.102. The Labute approximate surface area is 142 Å². The first-order chi connectivity index (χ1) is 11.1. The van der Waals surface area contributed by atoms with Crippen LogP contribution in [0.1, 0.15) is 10.4 Å². The van der Waals surface area contributed by atoms with E-state index < -0.39 is 6.09 Å². The first-order valence-electron chi connectivity index (χ1n) is 6.86. The molecule has 1 saturated heterocycles. The third-order valence-corrected chi connectivity index (χ3v) is 4.12. The molecule has 5 nitrogen and oxygen atoms in total. The largest absolute Gasteiger partial charge is 0.447 e. The van der Waals surface area contributed by atoms with E-state index in [4.69, 9.17) is 27.9 Å². The number of anilines is 2. The van der Waals surface area contributed by atoms with Crippen molar-refractivity contribution in [2.45, 2.75) is 0 Å². The SMILES string of the molecule is O=C(Nc1ccccc1N1CCOC1=O)c1ccc(Cl)c(Cl)c1. The molecule has 23 heavy (non-hydrogen) atoms. The van der Waals surface area contributed by atoms with Gasteiger partial charge in [-0.15, -0.1) is 0 Å². The van der Waals surface area contributed by atoms with E-state index in [-0.39, 0.29) is 5.91 Å². The maximum absolute atomic E-state index is 12.4. The second kappa shape index (κ2) is 6.48. The van der Waals surface area contributed by atoms with E-state index in [1.165, 1.54) is 11.0 Å². The van der Waals surface area contributed by atoms with Crippen LogP contribution in [0, 0.1) is 0 Å². The minimum Gasteiger partial charge on any atom is -0.447 e. The second-order valence-corrected chi connectivity index (χ2v) is 5.68. The lowest BCUT2D eigenvalue weighted by atomic mass is 10.2. The molecular weight excluding hydrogens is 339 g/mol. The third-order valence-electron chi connectivity index (χ3n) is 3.39. The number of hydrogen-bond donors (Lipinski definition) is 1. The molecule has 7 heteroatoms. The third kappa shape index (κ3) is 3.25. The summed E-state index contributed by atoms with van der Waals surface area (Å²) in [6.07, 6.45) is -0.429. The number of cyclic esters (lactones) is 1. The van der Waals surface area contributed by atoms with Crippen molar-refractivity contribution in [3.63, 3.8) is 0 Å². The van der Waals surface area contributed by atoms with Crippen LogP contribution in [0.2, 0.25) is 10.0 Å². The maximum atomic E-state index is 12.4. The molecule has 118 valence electrons. The molecule has 0 saturated carbocycles. The van der Waals surface area contributed by atoms with Gasteiger partial charge in [0.2, 0.25) is 0 Å². The van der Waals surface area contributed by atoms with Crippen LogP contribution in [0.3, 0.4) is 0 Å². The van der Waals surface area contributed by atoms with E-state index >= 15 is 0 Å². The molecule has 0 aromatic heterocycles. The van der Waals surface area contributed by atoms with E-state index in [2.05, 4.69) is 5.32 Å². The lowest BCUT2D eigenvalue weighted by Gasteiger charge is -2.17. The number of hydrogen-bond acceptors (Lipinski definition) is 3. The van der Waals surface area contributed by atoms with Crippen LogP contribution < -0.4 is 10.2 Å². The van der Waals surface area contributed by atoms with Crippen molar-refractivity contribution in [3.05, 3.63) is 58.1 Å². The van der Waals surface area contributed by atoms with Crippen molar-refractivity contribution in [2.75, 3.05) is 23.4 Å². The molecule has 2 aromatic rings. The number of nitrogens with zero attached hydrogens (tertiary/aromatic N) is 1. The van der Waals surface area contributed by atoms with E-state index in [1.54, 1.807) is 36.4 Å². The summed E-state index contributed by atoms with van der Waals surface area (Å²) >= 11 is 11.8. The first kappa shape index (κ1) is 15.6. The molecule has 1 heterocycles. The summed E-state index contributed by atoms with van der Waals surface area (Å²) in [5.74, 6) is -0.344. The highest BCUT2D eigenvalue weighted by atomic mass is 35.5. The van der Waals surface area contributed by atoms with Crippen LogP contribution in [0.4, 0.5) is 16.2 Å². The van der Waals surface area contributed by atoms with E-state index in [0.29, 0.717) is 40.1 Å². The van der Waals surface area contributed by atoms with Gasteiger partial charge in [0.05, 0.1) is 28.0 Å². The zero-order chi connectivity index (χ0) is 16.4. The Hall–Kier alpha value is -2.24. The van der Waals surface area contributed by atoms with Crippen molar-refractivity contribution in [1.29, 1.82) is 0 Å². The van der Waals surface area contributed by atoms with Crippen LogP contribution in [0.5, 0.6) is 0 Å². The molecule has 0 atom stereocenters. The van der Waals surface area contributed by atoms with Gasteiger partial charge in [0.1, 0.15) is 6.61 Å². The Morgan fingerprint density at radius 3 is 2.61 bits per heavy atom. The molecule has 2 aromatic carbocycles. The minimum atomic E-state index is -0.429. The lowest BCUT2D eigenvalue weighted by Crippen LogP contribution is -2.25. The zero-order valence-electron chi connectivity index (χ0n) is 11.9. The number of para-hydroxylation sites is 2. The van der Waals surface area contributed by atoms with Crippen LogP contribution in [-0.2, 0) is 4.74 Å². The summed E-state index contributed by atoms with van der Waals surface area (Å²) in [6, 6.07) is 11.7. The van der Waals surface area contributed by atoms with Gasteiger partial charge in [0.15, 0.2) is 0 Å². The highest BCUT2D eigenvalue weighted by molar-refractivity contribution is 6.42. The van der Waals surface area contributed by atoms with Gasteiger partial charge in [-0.3, -0.25) is 9.69 Å². The molecule has 0 unspecified atom stereocenters. The van der Waals surface area contributed by atoms with Crippen molar-refractivity contribution < 1.29 is 14.3 Å². The highest BCUT2D eigenvalue weighted by Gasteiger charge is 2.26. The predicted molar refractivity (Wildman–Crippen MR) is 89.6 cm³/mol. The van der Waals surface area contributed by atoms with Crippen molar-refractivity contribution in [1.82, 2.24) is 0 Å². The van der Waals surface area contributed by atoms with Gasteiger partial charge in [0.25, 0.3) is 5.91 Å². The smallest absolute Gasteiger partial charge is 0.414 e.